The quantitative estimate of drug-likeness (QED) is 0.698. The summed E-state index contributed by atoms with van der Waals surface area (Å²) in [5.41, 5.74) is 2.34. The van der Waals surface area contributed by atoms with Gasteiger partial charge in [0, 0.05) is 35.9 Å². The van der Waals surface area contributed by atoms with Crippen molar-refractivity contribution in [1.29, 1.82) is 0 Å². The van der Waals surface area contributed by atoms with Crippen LogP contribution < -0.4 is 15.0 Å². The summed E-state index contributed by atoms with van der Waals surface area (Å²) in [5.74, 6) is -0.395. The minimum atomic E-state index is -0.480. The van der Waals surface area contributed by atoms with E-state index in [-0.39, 0.29) is 30.7 Å². The minimum Gasteiger partial charge on any atom is -0.497 e. The number of amides is 3. The van der Waals surface area contributed by atoms with E-state index in [1.807, 2.05) is 25.1 Å². The molecule has 30 heavy (non-hydrogen) atoms. The largest absolute Gasteiger partial charge is 0.497 e. The summed E-state index contributed by atoms with van der Waals surface area (Å²) < 4.78 is 6.07. The predicted octanol–water partition coefficient (Wildman–Crippen LogP) is 3.22. The van der Waals surface area contributed by atoms with Crippen molar-refractivity contribution in [1.82, 2.24) is 4.90 Å². The molecule has 0 bridgehead atoms. The van der Waals surface area contributed by atoms with E-state index in [2.05, 4.69) is 21.2 Å². The average molecular weight is 474 g/mol. The molecule has 158 valence electrons. The Morgan fingerprint density at radius 3 is 2.57 bits per heavy atom. The number of anilines is 2. The van der Waals surface area contributed by atoms with Crippen LogP contribution in [0.2, 0.25) is 0 Å². The second-order valence-electron chi connectivity index (χ2n) is 7.31. The van der Waals surface area contributed by atoms with Crippen LogP contribution >= 0.6 is 15.9 Å². The zero-order valence-electron chi connectivity index (χ0n) is 17.1. The second kappa shape index (κ2) is 9.30. The third-order valence-corrected chi connectivity index (χ3v) is 5.57. The molecule has 1 atom stereocenters. The molecule has 1 unspecified atom stereocenters. The second-order valence-corrected chi connectivity index (χ2v) is 8.22. The highest BCUT2D eigenvalue weighted by Gasteiger charge is 2.36. The summed E-state index contributed by atoms with van der Waals surface area (Å²) in [4.78, 5) is 40.6. The summed E-state index contributed by atoms with van der Waals surface area (Å²) >= 11 is 3.39. The fraction of sp³-hybridized carbons (Fsp3) is 0.318. The number of likely N-dealkylation sites (N-methyl/N-ethyl adjacent to an activating group) is 1. The molecule has 8 heteroatoms. The smallest absolute Gasteiger partial charge is 0.243 e. The molecule has 1 saturated heterocycles. The highest BCUT2D eigenvalue weighted by Crippen LogP contribution is 2.27. The minimum absolute atomic E-state index is 0.0818. The van der Waals surface area contributed by atoms with Crippen LogP contribution in [0.25, 0.3) is 0 Å². The van der Waals surface area contributed by atoms with Gasteiger partial charge in [0.2, 0.25) is 17.7 Å². The van der Waals surface area contributed by atoms with Crippen molar-refractivity contribution in [2.45, 2.75) is 13.3 Å². The number of nitrogens with zero attached hydrogens (tertiary/aromatic N) is 2. The molecule has 1 aliphatic rings. The van der Waals surface area contributed by atoms with E-state index in [0.717, 1.165) is 15.7 Å². The van der Waals surface area contributed by atoms with Gasteiger partial charge in [0.1, 0.15) is 5.75 Å². The van der Waals surface area contributed by atoms with Crippen molar-refractivity contribution in [3.05, 3.63) is 52.5 Å². The van der Waals surface area contributed by atoms with Gasteiger partial charge < -0.3 is 19.9 Å². The Bertz CT molecular complexity index is 961. The van der Waals surface area contributed by atoms with Crippen LogP contribution in [0.15, 0.2) is 46.9 Å². The van der Waals surface area contributed by atoms with E-state index in [4.69, 9.17) is 4.74 Å². The summed E-state index contributed by atoms with van der Waals surface area (Å²) in [6.07, 6.45) is 0.128. The first kappa shape index (κ1) is 21.8. The maximum absolute atomic E-state index is 12.8. The van der Waals surface area contributed by atoms with Crippen LogP contribution in [0.5, 0.6) is 5.75 Å². The summed E-state index contributed by atoms with van der Waals surface area (Å²) in [6, 6.07) is 12.7. The molecule has 0 aliphatic carbocycles. The first-order chi connectivity index (χ1) is 14.3. The van der Waals surface area contributed by atoms with Crippen molar-refractivity contribution in [3.63, 3.8) is 0 Å². The van der Waals surface area contributed by atoms with E-state index < -0.39 is 5.92 Å². The van der Waals surface area contributed by atoms with Gasteiger partial charge in [-0.15, -0.1) is 0 Å². The lowest BCUT2D eigenvalue weighted by molar-refractivity contribution is -0.137. The Morgan fingerprint density at radius 2 is 1.93 bits per heavy atom. The highest BCUT2D eigenvalue weighted by atomic mass is 79.9. The maximum atomic E-state index is 12.8. The Labute approximate surface area is 184 Å². The topological polar surface area (TPSA) is 79.0 Å². The molecule has 0 radical (unpaired) electrons. The van der Waals surface area contributed by atoms with E-state index in [9.17, 15) is 14.4 Å². The fourth-order valence-electron chi connectivity index (χ4n) is 3.45. The van der Waals surface area contributed by atoms with Gasteiger partial charge >= 0.3 is 0 Å². The zero-order valence-corrected chi connectivity index (χ0v) is 18.7. The van der Waals surface area contributed by atoms with Crippen LogP contribution in [-0.2, 0) is 14.4 Å². The van der Waals surface area contributed by atoms with E-state index in [1.165, 1.54) is 4.90 Å². The average Bonchev–Trinajstić information content (AvgIpc) is 3.11. The molecule has 0 spiro atoms. The predicted molar refractivity (Wildman–Crippen MR) is 119 cm³/mol. The van der Waals surface area contributed by atoms with Gasteiger partial charge in [-0.25, -0.2) is 0 Å². The number of hydrogen-bond donors (Lipinski definition) is 1. The van der Waals surface area contributed by atoms with E-state index >= 15 is 0 Å². The van der Waals surface area contributed by atoms with Gasteiger partial charge in [0.05, 0.1) is 19.6 Å². The molecule has 0 aromatic heterocycles. The fourth-order valence-corrected chi connectivity index (χ4v) is 3.92. The summed E-state index contributed by atoms with van der Waals surface area (Å²) in [7, 11) is 3.16. The summed E-state index contributed by atoms with van der Waals surface area (Å²) in [5, 5.41) is 2.83. The number of ether oxygens (including phenoxy) is 1. The van der Waals surface area contributed by atoms with Crippen molar-refractivity contribution in [2.24, 2.45) is 5.92 Å². The number of carbonyl (C=O) groups is 3. The van der Waals surface area contributed by atoms with Gasteiger partial charge in [-0.05, 0) is 55.0 Å². The Hall–Kier alpha value is -2.87. The SMILES string of the molecule is COc1ccc(N2CC(C(=O)N(C)CC(=O)Nc3ccc(Br)cc3C)CC2=O)cc1. The Balaban J connectivity index is 1.58. The number of benzene rings is 2. The Morgan fingerprint density at radius 1 is 1.23 bits per heavy atom. The molecule has 3 amide bonds. The van der Waals surface area contributed by atoms with E-state index in [0.29, 0.717) is 18.0 Å². The number of hydrogen-bond acceptors (Lipinski definition) is 4. The molecule has 2 aromatic rings. The first-order valence-electron chi connectivity index (χ1n) is 9.54. The van der Waals surface area contributed by atoms with Crippen molar-refractivity contribution >= 4 is 45.0 Å². The molecule has 1 N–H and O–H groups in total. The van der Waals surface area contributed by atoms with Gasteiger partial charge in [-0.1, -0.05) is 15.9 Å². The summed E-state index contributed by atoms with van der Waals surface area (Å²) in [6.45, 7) is 2.11. The van der Waals surface area contributed by atoms with Crippen LogP contribution in [0.1, 0.15) is 12.0 Å². The van der Waals surface area contributed by atoms with Crippen LogP contribution in [0.4, 0.5) is 11.4 Å². The lowest BCUT2D eigenvalue weighted by Gasteiger charge is -2.21. The molecule has 1 heterocycles. The maximum Gasteiger partial charge on any atom is 0.243 e. The van der Waals surface area contributed by atoms with Crippen LogP contribution in [0, 0.1) is 12.8 Å². The molecule has 3 rings (SSSR count). The van der Waals surface area contributed by atoms with Crippen LogP contribution in [0.3, 0.4) is 0 Å². The van der Waals surface area contributed by atoms with Crippen molar-refractivity contribution < 1.29 is 19.1 Å². The molecule has 0 saturated carbocycles. The van der Waals surface area contributed by atoms with Gasteiger partial charge in [0.25, 0.3) is 0 Å². The van der Waals surface area contributed by atoms with Gasteiger partial charge in [0.15, 0.2) is 0 Å². The van der Waals surface area contributed by atoms with Crippen LogP contribution in [-0.4, -0.2) is 49.9 Å². The number of nitrogens with one attached hydrogen (secondary N) is 1. The number of methoxy groups -OCH3 is 1. The normalized spacial score (nSPS) is 15.8. The highest BCUT2D eigenvalue weighted by molar-refractivity contribution is 9.10. The number of aryl methyl sites for hydroxylation is 1. The number of carbonyl (C=O) groups excluding carboxylic acids is 3. The van der Waals surface area contributed by atoms with Gasteiger partial charge in [-0.2, -0.15) is 0 Å². The monoisotopic (exact) mass is 473 g/mol. The number of halogens is 1. The molecule has 7 nitrogen and oxygen atoms in total. The number of rotatable bonds is 6. The molecule has 1 aliphatic heterocycles. The zero-order chi connectivity index (χ0) is 21.8. The first-order valence-corrected chi connectivity index (χ1v) is 10.3. The lowest BCUT2D eigenvalue weighted by atomic mass is 10.1. The van der Waals surface area contributed by atoms with Gasteiger partial charge in [-0.3, -0.25) is 14.4 Å². The molecular formula is C22H24BrN3O4. The van der Waals surface area contributed by atoms with E-state index in [1.54, 1.807) is 43.3 Å². The van der Waals surface area contributed by atoms with Crippen molar-refractivity contribution in [2.75, 3.05) is 37.5 Å². The third kappa shape index (κ3) is 4.99. The molecule has 1 fully saturated rings. The molecule has 2 aromatic carbocycles. The third-order valence-electron chi connectivity index (χ3n) is 5.08. The standard InChI is InChI=1S/C22H24BrN3O4/c1-14-10-16(23)4-9-19(14)24-20(27)13-25(2)22(29)15-11-21(28)26(12-15)17-5-7-18(30-3)8-6-17/h4-10,15H,11-13H2,1-3H3,(H,24,27). The molecular weight excluding hydrogens is 450 g/mol. The lowest BCUT2D eigenvalue weighted by Crippen LogP contribution is -2.39. The van der Waals surface area contributed by atoms with Crippen molar-refractivity contribution in [3.8, 4) is 5.75 Å². The Kier molecular flexibility index (Phi) is 6.77.